The van der Waals surface area contributed by atoms with E-state index >= 15 is 0 Å². The number of halogens is 1. The molecule has 0 radical (unpaired) electrons. The molecule has 8 heteroatoms. The van der Waals surface area contributed by atoms with Gasteiger partial charge in [0.05, 0.1) is 20.6 Å². The second-order valence-corrected chi connectivity index (χ2v) is 5.99. The van der Waals surface area contributed by atoms with E-state index in [0.717, 1.165) is 0 Å². The van der Waals surface area contributed by atoms with Crippen molar-refractivity contribution in [3.05, 3.63) is 59.2 Å². The van der Waals surface area contributed by atoms with E-state index < -0.39 is 5.97 Å². The summed E-state index contributed by atoms with van der Waals surface area (Å²) in [4.78, 5) is 16.2. The van der Waals surface area contributed by atoms with Gasteiger partial charge in [-0.3, -0.25) is 4.79 Å². The van der Waals surface area contributed by atoms with Crippen molar-refractivity contribution < 1.29 is 27.9 Å². The Labute approximate surface area is 161 Å². The number of carbonyl (C=O) groups is 1. The number of aromatic nitrogens is 2. The van der Waals surface area contributed by atoms with E-state index in [1.165, 1.54) is 13.2 Å². The Hall–Kier alpha value is -3.42. The van der Waals surface area contributed by atoms with E-state index in [4.69, 9.17) is 18.7 Å². The van der Waals surface area contributed by atoms with Crippen LogP contribution in [0, 0.1) is 12.7 Å². The third-order valence-corrected chi connectivity index (χ3v) is 4.08. The van der Waals surface area contributed by atoms with E-state index in [1.54, 1.807) is 44.4 Å². The molecule has 146 valence electrons. The van der Waals surface area contributed by atoms with Crippen LogP contribution in [0.1, 0.15) is 17.0 Å². The van der Waals surface area contributed by atoms with Crippen LogP contribution in [-0.4, -0.2) is 30.3 Å². The van der Waals surface area contributed by atoms with Crippen LogP contribution in [-0.2, 0) is 22.6 Å². The van der Waals surface area contributed by atoms with Gasteiger partial charge in [-0.2, -0.15) is 4.98 Å². The van der Waals surface area contributed by atoms with E-state index in [-0.39, 0.29) is 30.6 Å². The Bertz CT molecular complexity index is 986. The van der Waals surface area contributed by atoms with Gasteiger partial charge in [0.15, 0.2) is 6.61 Å². The Morgan fingerprint density at radius 3 is 2.68 bits per heavy atom. The average Bonchev–Trinajstić information content (AvgIpc) is 3.18. The van der Waals surface area contributed by atoms with Crippen molar-refractivity contribution in [2.45, 2.75) is 20.0 Å². The fourth-order valence-electron chi connectivity index (χ4n) is 2.51. The van der Waals surface area contributed by atoms with Gasteiger partial charge in [0.1, 0.15) is 17.3 Å². The fourth-order valence-corrected chi connectivity index (χ4v) is 2.51. The molecule has 0 aliphatic rings. The van der Waals surface area contributed by atoms with Gasteiger partial charge >= 0.3 is 5.97 Å². The summed E-state index contributed by atoms with van der Waals surface area (Å²) in [6.07, 6.45) is 0.0112. The van der Waals surface area contributed by atoms with Crippen LogP contribution in [0.15, 0.2) is 40.9 Å². The van der Waals surface area contributed by atoms with Gasteiger partial charge in [0.25, 0.3) is 5.89 Å². The predicted octanol–water partition coefficient (Wildman–Crippen LogP) is 3.49. The van der Waals surface area contributed by atoms with Crippen molar-refractivity contribution in [1.29, 1.82) is 0 Å². The molecule has 28 heavy (non-hydrogen) atoms. The summed E-state index contributed by atoms with van der Waals surface area (Å²) in [5.74, 6) is 0.652. The maximum atomic E-state index is 13.7. The molecule has 3 aromatic rings. The molecule has 7 nitrogen and oxygen atoms in total. The second-order valence-electron chi connectivity index (χ2n) is 5.99. The number of hydrogen-bond donors (Lipinski definition) is 0. The second kappa shape index (κ2) is 8.51. The molecule has 0 saturated carbocycles. The maximum Gasteiger partial charge on any atom is 0.310 e. The van der Waals surface area contributed by atoms with Crippen molar-refractivity contribution in [1.82, 2.24) is 10.1 Å². The monoisotopic (exact) mass is 386 g/mol. The van der Waals surface area contributed by atoms with Crippen molar-refractivity contribution >= 4 is 5.97 Å². The summed E-state index contributed by atoms with van der Waals surface area (Å²) in [7, 11) is 3.06. The molecule has 1 aromatic heterocycles. The lowest BCUT2D eigenvalue weighted by molar-refractivity contribution is -0.144. The zero-order chi connectivity index (χ0) is 20.1. The number of nitrogens with zero attached hydrogens (tertiary/aromatic N) is 2. The van der Waals surface area contributed by atoms with Crippen LogP contribution in [0.3, 0.4) is 0 Å². The molecule has 0 unspecified atom stereocenters. The first-order valence-electron chi connectivity index (χ1n) is 8.45. The molecule has 2 aromatic carbocycles. The predicted molar refractivity (Wildman–Crippen MR) is 97.5 cm³/mol. The number of ether oxygens (including phenoxy) is 3. The van der Waals surface area contributed by atoms with Gasteiger partial charge in [-0.25, -0.2) is 4.39 Å². The average molecular weight is 386 g/mol. The summed E-state index contributed by atoms with van der Waals surface area (Å²) in [5.41, 5.74) is 1.66. The minimum absolute atomic E-state index is 0.0112. The molecular weight excluding hydrogens is 367 g/mol. The molecule has 0 N–H and O–H groups in total. The Morgan fingerprint density at radius 1 is 1.14 bits per heavy atom. The Kier molecular flexibility index (Phi) is 5.88. The standard InChI is InChI=1S/C20H19FN2O5/c1-12-4-5-14(8-16(12)21)20-22-18(28-23-20)11-27-19(24)9-13-6-7-15(25-2)10-17(13)26-3/h4-8,10H,9,11H2,1-3H3. The van der Waals surface area contributed by atoms with E-state index in [1.807, 2.05) is 0 Å². The lowest BCUT2D eigenvalue weighted by atomic mass is 10.1. The highest BCUT2D eigenvalue weighted by Gasteiger charge is 2.14. The van der Waals surface area contributed by atoms with Crippen LogP contribution in [0.5, 0.6) is 11.5 Å². The molecule has 0 aliphatic carbocycles. The highest BCUT2D eigenvalue weighted by Crippen LogP contribution is 2.25. The lowest BCUT2D eigenvalue weighted by Crippen LogP contribution is -2.09. The van der Waals surface area contributed by atoms with Crippen molar-refractivity contribution in [3.8, 4) is 22.9 Å². The normalized spacial score (nSPS) is 10.6. The SMILES string of the molecule is COc1ccc(CC(=O)OCc2nc(-c3ccc(C)c(F)c3)no2)c(OC)c1. The number of rotatable bonds is 7. The van der Waals surface area contributed by atoms with Gasteiger partial charge in [-0.05, 0) is 24.6 Å². The molecule has 0 saturated heterocycles. The van der Waals surface area contributed by atoms with Gasteiger partial charge in [-0.15, -0.1) is 0 Å². The molecule has 0 atom stereocenters. The lowest BCUT2D eigenvalue weighted by Gasteiger charge is -2.09. The van der Waals surface area contributed by atoms with Crippen LogP contribution >= 0.6 is 0 Å². The topological polar surface area (TPSA) is 83.7 Å². The summed E-state index contributed by atoms with van der Waals surface area (Å²) in [6, 6.07) is 9.79. The molecule has 3 rings (SSSR count). The minimum atomic E-state index is -0.482. The number of esters is 1. The molecule has 0 aliphatic heterocycles. The zero-order valence-electron chi connectivity index (χ0n) is 15.7. The number of hydrogen-bond acceptors (Lipinski definition) is 7. The summed E-state index contributed by atoms with van der Waals surface area (Å²) in [5, 5.41) is 3.79. The van der Waals surface area contributed by atoms with Crippen molar-refractivity contribution in [2.75, 3.05) is 14.2 Å². The van der Waals surface area contributed by atoms with E-state index in [2.05, 4.69) is 10.1 Å². The number of methoxy groups -OCH3 is 2. The molecule has 0 fully saturated rings. The largest absolute Gasteiger partial charge is 0.497 e. The third kappa shape index (κ3) is 4.46. The van der Waals surface area contributed by atoms with E-state index in [0.29, 0.717) is 28.2 Å². The zero-order valence-corrected chi connectivity index (χ0v) is 15.7. The van der Waals surface area contributed by atoms with Crippen LogP contribution in [0.2, 0.25) is 0 Å². The Morgan fingerprint density at radius 2 is 1.96 bits per heavy atom. The fraction of sp³-hybridized carbons (Fsp3) is 0.250. The number of benzene rings is 2. The van der Waals surface area contributed by atoms with Crippen LogP contribution in [0.25, 0.3) is 11.4 Å². The van der Waals surface area contributed by atoms with Crippen LogP contribution < -0.4 is 9.47 Å². The van der Waals surface area contributed by atoms with E-state index in [9.17, 15) is 9.18 Å². The van der Waals surface area contributed by atoms with Crippen molar-refractivity contribution in [3.63, 3.8) is 0 Å². The third-order valence-electron chi connectivity index (χ3n) is 4.08. The quantitative estimate of drug-likeness (QED) is 0.575. The highest BCUT2D eigenvalue weighted by atomic mass is 19.1. The molecule has 0 spiro atoms. The summed E-state index contributed by atoms with van der Waals surface area (Å²) >= 11 is 0. The summed E-state index contributed by atoms with van der Waals surface area (Å²) < 4.78 is 34.3. The highest BCUT2D eigenvalue weighted by molar-refractivity contribution is 5.73. The van der Waals surface area contributed by atoms with Crippen molar-refractivity contribution in [2.24, 2.45) is 0 Å². The van der Waals surface area contributed by atoms with Gasteiger partial charge < -0.3 is 18.7 Å². The molecule has 0 bridgehead atoms. The first kappa shape index (κ1) is 19.3. The molecular formula is C20H19FN2O5. The van der Waals surface area contributed by atoms with Gasteiger partial charge in [-0.1, -0.05) is 23.4 Å². The first-order chi connectivity index (χ1) is 13.5. The maximum absolute atomic E-state index is 13.7. The van der Waals surface area contributed by atoms with Crippen LogP contribution in [0.4, 0.5) is 4.39 Å². The number of carbonyl (C=O) groups excluding carboxylic acids is 1. The smallest absolute Gasteiger partial charge is 0.310 e. The first-order valence-corrected chi connectivity index (χ1v) is 8.45. The molecule has 1 heterocycles. The Balaban J connectivity index is 1.61. The molecule has 0 amide bonds. The minimum Gasteiger partial charge on any atom is -0.497 e. The van der Waals surface area contributed by atoms with Gasteiger partial charge in [0.2, 0.25) is 5.82 Å². The van der Waals surface area contributed by atoms with Gasteiger partial charge in [0, 0.05) is 17.2 Å². The summed E-state index contributed by atoms with van der Waals surface area (Å²) in [6.45, 7) is 1.48. The number of aryl methyl sites for hydroxylation is 1.